The summed E-state index contributed by atoms with van der Waals surface area (Å²) in [4.78, 5) is 23.2. The molecule has 2 atom stereocenters. The van der Waals surface area contributed by atoms with E-state index in [0.29, 0.717) is 23.6 Å². The van der Waals surface area contributed by atoms with Gasteiger partial charge >= 0.3 is 0 Å². The van der Waals surface area contributed by atoms with E-state index < -0.39 is 24.2 Å². The molecule has 0 bridgehead atoms. The molecule has 108 valence electrons. The van der Waals surface area contributed by atoms with Crippen LogP contribution in [-0.4, -0.2) is 31.0 Å². The molecule has 2 rings (SSSR count). The maximum atomic E-state index is 13.8. The lowest BCUT2D eigenvalue weighted by molar-refractivity contribution is -0.931. The fraction of sp³-hybridized carbons (Fsp3) is 0.385. The van der Waals surface area contributed by atoms with Crippen LogP contribution in [0.25, 0.3) is 0 Å². The Balaban J connectivity index is 2.21. The van der Waals surface area contributed by atoms with Gasteiger partial charge in [-0.3, -0.25) is 4.79 Å². The molecular formula is C13H14ClFN2O3. The number of carbonyl (C=O) groups excluding carboxylic acids is 2. The number of amides is 1. The van der Waals surface area contributed by atoms with Gasteiger partial charge in [-0.15, -0.1) is 0 Å². The molecule has 1 aliphatic rings. The van der Waals surface area contributed by atoms with Gasteiger partial charge in [0.2, 0.25) is 0 Å². The number of carboxylic acid groups (broad SMARTS) is 1. The molecule has 0 aliphatic carbocycles. The predicted molar refractivity (Wildman–Crippen MR) is 67.4 cm³/mol. The van der Waals surface area contributed by atoms with Crippen molar-refractivity contribution in [3.63, 3.8) is 0 Å². The van der Waals surface area contributed by atoms with Crippen molar-refractivity contribution in [3.8, 4) is 0 Å². The molecule has 0 saturated carbocycles. The second kappa shape index (κ2) is 6.19. The molecule has 1 saturated heterocycles. The standard InChI is InChI=1S/C13H14ClFN2O3/c14-9-2-1-3-10(15)8(9)7-17-5-4-16-13(20)11(17)6-12(18)19/h1-3,11H,4-7H2,(H,16,20)(H,18,19)/t11-/m1/s1. The van der Waals surface area contributed by atoms with E-state index in [0.717, 1.165) is 0 Å². The van der Waals surface area contributed by atoms with Gasteiger partial charge in [0.1, 0.15) is 12.4 Å². The zero-order valence-electron chi connectivity index (χ0n) is 10.6. The first kappa shape index (κ1) is 14.7. The van der Waals surface area contributed by atoms with Gasteiger partial charge < -0.3 is 20.1 Å². The summed E-state index contributed by atoms with van der Waals surface area (Å²) in [5.41, 5.74) is 0.294. The molecule has 20 heavy (non-hydrogen) atoms. The summed E-state index contributed by atoms with van der Waals surface area (Å²) in [7, 11) is 0. The molecule has 1 unspecified atom stereocenters. The van der Waals surface area contributed by atoms with E-state index in [1.54, 1.807) is 6.07 Å². The number of benzene rings is 1. The fourth-order valence-electron chi connectivity index (χ4n) is 2.37. The average molecular weight is 301 g/mol. The summed E-state index contributed by atoms with van der Waals surface area (Å²) in [5.74, 6) is -2.12. The SMILES string of the molecule is O=C([O-])C[C@@H]1C(=O)NCC[NH+]1Cc1c(F)cccc1Cl. The molecule has 2 N–H and O–H groups in total. The van der Waals surface area contributed by atoms with Crippen molar-refractivity contribution in [2.75, 3.05) is 13.1 Å². The van der Waals surface area contributed by atoms with Crippen molar-refractivity contribution in [2.24, 2.45) is 0 Å². The summed E-state index contributed by atoms with van der Waals surface area (Å²) in [6.07, 6.45) is -0.396. The van der Waals surface area contributed by atoms with Crippen molar-refractivity contribution in [1.82, 2.24) is 5.32 Å². The Kier molecular flexibility index (Phi) is 4.57. The third-order valence-electron chi connectivity index (χ3n) is 3.39. The Labute approximate surface area is 120 Å². The second-order valence-corrected chi connectivity index (χ2v) is 5.11. The number of quaternary nitrogens is 1. The molecule has 1 heterocycles. The summed E-state index contributed by atoms with van der Waals surface area (Å²) in [6, 6.07) is 3.57. The highest BCUT2D eigenvalue weighted by molar-refractivity contribution is 6.31. The molecule has 1 amide bonds. The molecule has 1 aromatic rings. The maximum Gasteiger partial charge on any atom is 0.278 e. The van der Waals surface area contributed by atoms with E-state index in [1.807, 2.05) is 0 Å². The topological polar surface area (TPSA) is 73.7 Å². The molecule has 1 aromatic carbocycles. The van der Waals surface area contributed by atoms with Crippen LogP contribution in [0.1, 0.15) is 12.0 Å². The van der Waals surface area contributed by atoms with Gasteiger partial charge in [0, 0.05) is 12.4 Å². The molecule has 0 radical (unpaired) electrons. The highest BCUT2D eigenvalue weighted by Crippen LogP contribution is 2.18. The number of hydrogen-bond donors (Lipinski definition) is 2. The van der Waals surface area contributed by atoms with Crippen LogP contribution in [0.5, 0.6) is 0 Å². The zero-order valence-corrected chi connectivity index (χ0v) is 11.4. The minimum absolute atomic E-state index is 0.164. The highest BCUT2D eigenvalue weighted by Gasteiger charge is 2.34. The van der Waals surface area contributed by atoms with Gasteiger partial charge in [-0.1, -0.05) is 17.7 Å². The largest absolute Gasteiger partial charge is 0.550 e. The minimum atomic E-state index is -1.30. The third kappa shape index (κ3) is 3.26. The Morgan fingerprint density at radius 2 is 2.30 bits per heavy atom. The first-order valence-electron chi connectivity index (χ1n) is 6.24. The summed E-state index contributed by atoms with van der Waals surface area (Å²) >= 11 is 5.96. The van der Waals surface area contributed by atoms with Gasteiger partial charge in [-0.05, 0) is 12.1 Å². The van der Waals surface area contributed by atoms with Gasteiger partial charge in [0.25, 0.3) is 5.91 Å². The average Bonchev–Trinajstić information content (AvgIpc) is 2.37. The van der Waals surface area contributed by atoms with Crippen molar-refractivity contribution >= 4 is 23.5 Å². The Hall–Kier alpha value is -1.66. The predicted octanol–water partition coefficient (Wildman–Crippen LogP) is -1.50. The molecule has 1 fully saturated rings. The van der Waals surface area contributed by atoms with Crippen molar-refractivity contribution in [3.05, 3.63) is 34.6 Å². The molecular weight excluding hydrogens is 287 g/mol. The normalized spacial score (nSPS) is 22.4. The van der Waals surface area contributed by atoms with Crippen LogP contribution in [0.2, 0.25) is 5.02 Å². The first-order valence-corrected chi connectivity index (χ1v) is 6.62. The number of carboxylic acids is 1. The summed E-state index contributed by atoms with van der Waals surface area (Å²) in [6.45, 7) is 1.09. The number of aliphatic carboxylic acids is 1. The van der Waals surface area contributed by atoms with E-state index >= 15 is 0 Å². The quantitative estimate of drug-likeness (QED) is 0.711. The van der Waals surface area contributed by atoms with Crippen LogP contribution < -0.4 is 15.3 Å². The van der Waals surface area contributed by atoms with Crippen LogP contribution in [-0.2, 0) is 16.1 Å². The smallest absolute Gasteiger partial charge is 0.278 e. The van der Waals surface area contributed by atoms with Gasteiger partial charge in [0.15, 0.2) is 6.04 Å². The van der Waals surface area contributed by atoms with Crippen LogP contribution in [0.3, 0.4) is 0 Å². The molecule has 5 nitrogen and oxygen atoms in total. The van der Waals surface area contributed by atoms with Gasteiger partial charge in [-0.25, -0.2) is 4.39 Å². The maximum absolute atomic E-state index is 13.8. The molecule has 0 aromatic heterocycles. The number of piperazine rings is 1. The zero-order chi connectivity index (χ0) is 14.7. The van der Waals surface area contributed by atoms with E-state index in [2.05, 4.69) is 5.32 Å². The van der Waals surface area contributed by atoms with Gasteiger partial charge in [0.05, 0.1) is 23.7 Å². The molecule has 1 aliphatic heterocycles. The van der Waals surface area contributed by atoms with Crippen LogP contribution in [0.15, 0.2) is 18.2 Å². The van der Waals surface area contributed by atoms with Crippen molar-refractivity contribution < 1.29 is 24.0 Å². The Morgan fingerprint density at radius 3 is 2.95 bits per heavy atom. The Morgan fingerprint density at radius 1 is 1.55 bits per heavy atom. The van der Waals surface area contributed by atoms with Gasteiger partial charge in [-0.2, -0.15) is 0 Å². The number of halogens is 2. The Bertz CT molecular complexity index is 518. The minimum Gasteiger partial charge on any atom is -0.550 e. The molecule has 7 heteroatoms. The second-order valence-electron chi connectivity index (χ2n) is 4.70. The number of carbonyl (C=O) groups is 2. The first-order chi connectivity index (χ1) is 9.49. The number of rotatable bonds is 4. The monoisotopic (exact) mass is 300 g/mol. The number of hydrogen-bond acceptors (Lipinski definition) is 3. The van der Waals surface area contributed by atoms with Crippen LogP contribution >= 0.6 is 11.6 Å². The molecule has 0 spiro atoms. The van der Waals surface area contributed by atoms with E-state index in [4.69, 9.17) is 11.6 Å². The van der Waals surface area contributed by atoms with Crippen molar-refractivity contribution in [2.45, 2.75) is 19.0 Å². The number of nitrogens with one attached hydrogen (secondary N) is 2. The lowest BCUT2D eigenvalue weighted by Crippen LogP contribution is -3.18. The van der Waals surface area contributed by atoms with E-state index in [-0.39, 0.29) is 17.5 Å². The highest BCUT2D eigenvalue weighted by atomic mass is 35.5. The van der Waals surface area contributed by atoms with E-state index in [9.17, 15) is 19.1 Å². The van der Waals surface area contributed by atoms with E-state index in [1.165, 1.54) is 12.1 Å². The summed E-state index contributed by atoms with van der Waals surface area (Å²) in [5, 5.41) is 13.6. The summed E-state index contributed by atoms with van der Waals surface area (Å²) < 4.78 is 13.8. The lowest BCUT2D eigenvalue weighted by Gasteiger charge is -2.32. The lowest BCUT2D eigenvalue weighted by atomic mass is 10.1. The third-order valence-corrected chi connectivity index (χ3v) is 3.75. The fourth-order valence-corrected chi connectivity index (χ4v) is 2.60. The van der Waals surface area contributed by atoms with Crippen LogP contribution in [0.4, 0.5) is 4.39 Å². The van der Waals surface area contributed by atoms with Crippen LogP contribution in [0, 0.1) is 5.82 Å². The van der Waals surface area contributed by atoms with Crippen molar-refractivity contribution in [1.29, 1.82) is 0 Å².